The Labute approximate surface area is 116 Å². The van der Waals surface area contributed by atoms with Crippen LogP contribution in [0.2, 0.25) is 0 Å². The van der Waals surface area contributed by atoms with Crippen LogP contribution in [0.3, 0.4) is 0 Å². The van der Waals surface area contributed by atoms with Gasteiger partial charge in [-0.05, 0) is 37.6 Å². The first-order chi connectivity index (χ1) is 9.08. The lowest BCUT2D eigenvalue weighted by Crippen LogP contribution is -2.23. The summed E-state index contributed by atoms with van der Waals surface area (Å²) in [5.74, 6) is 0.861. The second kappa shape index (κ2) is 6.33. The predicted molar refractivity (Wildman–Crippen MR) is 72.4 cm³/mol. The van der Waals surface area contributed by atoms with Gasteiger partial charge in [-0.1, -0.05) is 4.89 Å². The van der Waals surface area contributed by atoms with Crippen molar-refractivity contribution in [2.45, 2.75) is 24.0 Å². The molecule has 0 aromatic carbocycles. The van der Waals surface area contributed by atoms with Gasteiger partial charge in [0.05, 0.1) is 12.9 Å². The average molecular weight is 301 g/mol. The molecule has 19 heavy (non-hydrogen) atoms. The molecule has 0 aliphatic carbocycles. The van der Waals surface area contributed by atoms with E-state index < -0.39 is 10.0 Å². The molecule has 0 bridgehead atoms. The smallest absolute Gasteiger partial charge is 0.271 e. The van der Waals surface area contributed by atoms with Crippen LogP contribution in [0.15, 0.2) is 39.2 Å². The Bertz CT molecular complexity index is 601. The van der Waals surface area contributed by atoms with Gasteiger partial charge in [-0.25, -0.2) is 8.42 Å². The highest BCUT2D eigenvalue weighted by Crippen LogP contribution is 2.20. The lowest BCUT2D eigenvalue weighted by molar-refractivity contribution is 0.0907. The predicted octanol–water partition coefficient (Wildman–Crippen LogP) is 2.49. The minimum absolute atomic E-state index is 0.260. The molecule has 0 aliphatic rings. The number of furan rings is 1. The summed E-state index contributed by atoms with van der Waals surface area (Å²) in [6, 6.07) is 7.02. The average Bonchev–Trinajstić information content (AvgIpc) is 3.00. The van der Waals surface area contributed by atoms with Crippen molar-refractivity contribution < 1.29 is 17.7 Å². The van der Waals surface area contributed by atoms with Crippen molar-refractivity contribution in [3.8, 4) is 0 Å². The molecule has 1 N–H and O–H groups in total. The molecular weight excluding hydrogens is 286 g/mol. The normalized spacial score (nSPS) is 11.8. The van der Waals surface area contributed by atoms with Gasteiger partial charge in [0, 0.05) is 11.3 Å². The van der Waals surface area contributed by atoms with Crippen LogP contribution in [0.25, 0.3) is 0 Å². The molecule has 0 saturated carbocycles. The van der Waals surface area contributed by atoms with Crippen molar-refractivity contribution in [2.24, 2.45) is 0 Å². The van der Waals surface area contributed by atoms with Crippen molar-refractivity contribution in [2.75, 3.05) is 6.61 Å². The van der Waals surface area contributed by atoms with E-state index in [2.05, 4.69) is 4.89 Å². The molecule has 2 aromatic heterocycles. The highest BCUT2D eigenvalue weighted by atomic mass is 32.2. The van der Waals surface area contributed by atoms with Crippen LogP contribution in [-0.4, -0.2) is 15.0 Å². The number of hydrogen-bond acceptors (Lipinski definition) is 5. The Morgan fingerprint density at radius 1 is 1.37 bits per heavy atom. The number of sulfonamides is 1. The Morgan fingerprint density at radius 2 is 2.21 bits per heavy atom. The zero-order valence-corrected chi connectivity index (χ0v) is 12.1. The summed E-state index contributed by atoms with van der Waals surface area (Å²) in [5.41, 5.74) is 0. The van der Waals surface area contributed by atoms with Crippen LogP contribution in [0, 0.1) is 6.92 Å². The fraction of sp³-hybridized carbons (Fsp3) is 0.333. The first kappa shape index (κ1) is 14.3. The van der Waals surface area contributed by atoms with Crippen molar-refractivity contribution >= 4 is 21.4 Å². The number of nitrogens with one attached hydrogen (secondary N) is 1. The second-order valence-electron chi connectivity index (χ2n) is 3.98. The van der Waals surface area contributed by atoms with Crippen LogP contribution < -0.4 is 4.89 Å². The molecule has 0 atom stereocenters. The summed E-state index contributed by atoms with van der Waals surface area (Å²) >= 11 is 1.21. The van der Waals surface area contributed by atoms with E-state index in [1.807, 2.05) is 19.1 Å². The number of rotatable bonds is 7. The van der Waals surface area contributed by atoms with Crippen LogP contribution in [0.4, 0.5) is 0 Å². The fourth-order valence-corrected chi connectivity index (χ4v) is 3.58. The summed E-state index contributed by atoms with van der Waals surface area (Å²) in [6.45, 7) is 2.15. The maximum atomic E-state index is 11.8. The quantitative estimate of drug-likeness (QED) is 0.630. The van der Waals surface area contributed by atoms with E-state index in [-0.39, 0.29) is 4.21 Å². The van der Waals surface area contributed by atoms with Gasteiger partial charge in [0.1, 0.15) is 9.97 Å². The van der Waals surface area contributed by atoms with Gasteiger partial charge in [0.25, 0.3) is 10.0 Å². The van der Waals surface area contributed by atoms with E-state index in [9.17, 15) is 8.42 Å². The molecule has 0 saturated heterocycles. The summed E-state index contributed by atoms with van der Waals surface area (Å²) in [7, 11) is -3.55. The van der Waals surface area contributed by atoms with E-state index >= 15 is 0 Å². The molecule has 5 nitrogen and oxygen atoms in total. The van der Waals surface area contributed by atoms with Gasteiger partial charge in [-0.3, -0.25) is 4.84 Å². The van der Waals surface area contributed by atoms with E-state index in [0.717, 1.165) is 10.6 Å². The van der Waals surface area contributed by atoms with Crippen LogP contribution in [-0.2, 0) is 21.3 Å². The minimum atomic E-state index is -3.55. The van der Waals surface area contributed by atoms with Crippen molar-refractivity contribution in [3.63, 3.8) is 0 Å². The number of thiophene rings is 1. The largest absolute Gasteiger partial charge is 0.469 e. The molecule has 0 fully saturated rings. The zero-order chi connectivity index (χ0) is 13.7. The molecule has 0 radical (unpaired) electrons. The van der Waals surface area contributed by atoms with Gasteiger partial charge in [-0.15, -0.1) is 11.3 Å². The Hall–Kier alpha value is -1.15. The summed E-state index contributed by atoms with van der Waals surface area (Å²) in [5, 5.41) is 0. The molecule has 0 spiro atoms. The van der Waals surface area contributed by atoms with Crippen molar-refractivity contribution in [3.05, 3.63) is 41.2 Å². The third-order valence-corrected chi connectivity index (χ3v) is 5.11. The minimum Gasteiger partial charge on any atom is -0.469 e. The first-order valence-electron chi connectivity index (χ1n) is 5.80. The second-order valence-corrected chi connectivity index (χ2v) is 7.14. The monoisotopic (exact) mass is 301 g/mol. The Kier molecular flexibility index (Phi) is 4.76. The molecule has 104 valence electrons. The SMILES string of the molecule is Cc1ccc(S(=O)(=O)NOCCCc2ccco2)s1. The highest BCUT2D eigenvalue weighted by molar-refractivity contribution is 7.91. The Morgan fingerprint density at radius 3 is 2.84 bits per heavy atom. The van der Waals surface area contributed by atoms with E-state index in [1.54, 1.807) is 18.4 Å². The molecule has 7 heteroatoms. The van der Waals surface area contributed by atoms with Crippen LogP contribution in [0.1, 0.15) is 17.1 Å². The van der Waals surface area contributed by atoms with E-state index in [1.165, 1.54) is 11.3 Å². The van der Waals surface area contributed by atoms with E-state index in [4.69, 9.17) is 9.25 Å². The topological polar surface area (TPSA) is 68.5 Å². The number of aryl methyl sites for hydroxylation is 2. The maximum absolute atomic E-state index is 11.8. The standard InChI is InChI=1S/C12H15NO4S2/c1-10-6-7-12(18-10)19(14,15)13-17-9-3-5-11-4-2-8-16-11/h2,4,6-8,13H,3,5,9H2,1H3. The maximum Gasteiger partial charge on any atom is 0.271 e. The zero-order valence-electron chi connectivity index (χ0n) is 10.5. The molecular formula is C12H15NO4S2. The van der Waals surface area contributed by atoms with Crippen LogP contribution >= 0.6 is 11.3 Å². The molecule has 0 unspecified atom stereocenters. The van der Waals surface area contributed by atoms with Gasteiger partial charge < -0.3 is 4.42 Å². The third kappa shape index (κ3) is 4.17. The number of hydrogen-bond donors (Lipinski definition) is 1. The first-order valence-corrected chi connectivity index (χ1v) is 8.10. The fourth-order valence-electron chi connectivity index (χ4n) is 1.49. The highest BCUT2D eigenvalue weighted by Gasteiger charge is 2.15. The van der Waals surface area contributed by atoms with Crippen molar-refractivity contribution in [1.82, 2.24) is 4.89 Å². The van der Waals surface area contributed by atoms with Gasteiger partial charge in [0.15, 0.2) is 0 Å². The van der Waals surface area contributed by atoms with Crippen molar-refractivity contribution in [1.29, 1.82) is 0 Å². The summed E-state index contributed by atoms with van der Waals surface area (Å²) in [4.78, 5) is 8.05. The van der Waals surface area contributed by atoms with Crippen LogP contribution in [0.5, 0.6) is 0 Å². The third-order valence-electron chi connectivity index (χ3n) is 2.40. The van der Waals surface area contributed by atoms with E-state index in [0.29, 0.717) is 19.4 Å². The molecule has 2 rings (SSSR count). The summed E-state index contributed by atoms with van der Waals surface area (Å²) in [6.07, 6.45) is 3.00. The molecule has 0 aliphatic heterocycles. The Balaban J connectivity index is 1.73. The lowest BCUT2D eigenvalue weighted by Gasteiger charge is -2.04. The van der Waals surface area contributed by atoms with Gasteiger partial charge in [-0.2, -0.15) is 0 Å². The molecule has 2 aromatic rings. The van der Waals surface area contributed by atoms with Gasteiger partial charge >= 0.3 is 0 Å². The molecule has 0 amide bonds. The lowest BCUT2D eigenvalue weighted by atomic mass is 10.3. The molecule has 2 heterocycles. The van der Waals surface area contributed by atoms with Gasteiger partial charge in [0.2, 0.25) is 0 Å². The summed E-state index contributed by atoms with van der Waals surface area (Å²) < 4.78 is 29.0.